The molecule has 0 heterocycles. The number of nitrogens with two attached hydrogens (primary N) is 2. The number of halogens is 3. The van der Waals surface area contributed by atoms with E-state index in [1.54, 1.807) is 0 Å². The van der Waals surface area contributed by atoms with Crippen molar-refractivity contribution < 1.29 is 13.2 Å². The molecule has 0 saturated carbocycles. The molecule has 1 atom stereocenters. The zero-order valence-electron chi connectivity index (χ0n) is 10.3. The first-order valence-electron chi connectivity index (χ1n) is 5.76. The fraction of sp³-hybridized carbons (Fsp3) is 0.385. The Morgan fingerprint density at radius 2 is 2.05 bits per heavy atom. The Morgan fingerprint density at radius 1 is 1.37 bits per heavy atom. The molecular formula is C13H16F3N3. The van der Waals surface area contributed by atoms with E-state index in [1.807, 2.05) is 0 Å². The van der Waals surface area contributed by atoms with Gasteiger partial charge < -0.3 is 5.73 Å². The normalized spacial score (nSPS) is 13.0. The van der Waals surface area contributed by atoms with Crippen LogP contribution in [0.15, 0.2) is 18.2 Å². The number of terminal acetylenes is 1. The highest BCUT2D eigenvalue weighted by Gasteiger charge is 2.31. The van der Waals surface area contributed by atoms with Crippen molar-refractivity contribution in [2.75, 3.05) is 5.73 Å². The Kier molecular flexibility index (Phi) is 5.21. The molecule has 0 aliphatic rings. The lowest BCUT2D eigenvalue weighted by atomic mass is 9.97. The van der Waals surface area contributed by atoms with Gasteiger partial charge in [-0.2, -0.15) is 13.2 Å². The molecule has 19 heavy (non-hydrogen) atoms. The molecule has 0 bridgehead atoms. The van der Waals surface area contributed by atoms with Gasteiger partial charge in [0.1, 0.15) is 0 Å². The summed E-state index contributed by atoms with van der Waals surface area (Å²) < 4.78 is 38.0. The van der Waals surface area contributed by atoms with Crippen LogP contribution in [0.2, 0.25) is 0 Å². The van der Waals surface area contributed by atoms with Gasteiger partial charge in [-0.15, -0.1) is 12.3 Å². The number of rotatable bonds is 5. The number of benzene rings is 1. The van der Waals surface area contributed by atoms with Crippen molar-refractivity contribution >= 4 is 5.69 Å². The highest BCUT2D eigenvalue weighted by molar-refractivity contribution is 5.50. The molecule has 1 aromatic carbocycles. The van der Waals surface area contributed by atoms with E-state index in [0.29, 0.717) is 24.8 Å². The van der Waals surface area contributed by atoms with Crippen LogP contribution in [-0.2, 0) is 6.18 Å². The second-order valence-electron chi connectivity index (χ2n) is 4.16. The lowest BCUT2D eigenvalue weighted by molar-refractivity contribution is -0.137. The molecule has 104 valence electrons. The van der Waals surface area contributed by atoms with Crippen LogP contribution in [0.3, 0.4) is 0 Å². The lowest BCUT2D eigenvalue weighted by Crippen LogP contribution is -2.29. The maximum Gasteiger partial charge on any atom is 0.416 e. The van der Waals surface area contributed by atoms with Crippen molar-refractivity contribution in [3.05, 3.63) is 29.3 Å². The van der Waals surface area contributed by atoms with Crippen LogP contribution in [-0.4, -0.2) is 0 Å². The lowest BCUT2D eigenvalue weighted by Gasteiger charge is -2.19. The van der Waals surface area contributed by atoms with Crippen LogP contribution in [0.1, 0.15) is 36.4 Å². The van der Waals surface area contributed by atoms with Crippen molar-refractivity contribution in [2.45, 2.75) is 31.5 Å². The summed E-state index contributed by atoms with van der Waals surface area (Å²) in [5.41, 5.74) is 8.07. The van der Waals surface area contributed by atoms with Gasteiger partial charge in [-0.1, -0.05) is 0 Å². The van der Waals surface area contributed by atoms with E-state index in [2.05, 4.69) is 11.3 Å². The zero-order valence-corrected chi connectivity index (χ0v) is 10.3. The van der Waals surface area contributed by atoms with Gasteiger partial charge in [0, 0.05) is 18.2 Å². The van der Waals surface area contributed by atoms with Gasteiger partial charge in [-0.05, 0) is 36.6 Å². The Labute approximate surface area is 110 Å². The SMILES string of the molecule is C#CCCCC(NN)c1cc(C(F)(F)F)ccc1N. The van der Waals surface area contributed by atoms with Crippen LogP contribution < -0.4 is 17.0 Å². The molecule has 0 aliphatic carbocycles. The van der Waals surface area contributed by atoms with Crippen molar-refractivity contribution in [3.63, 3.8) is 0 Å². The minimum atomic E-state index is -4.40. The molecule has 0 spiro atoms. The number of hydrogen-bond donors (Lipinski definition) is 3. The highest BCUT2D eigenvalue weighted by Crippen LogP contribution is 2.33. The standard InChI is InChI=1S/C13H16F3N3/c1-2-3-4-5-12(19-18)10-8-9(13(14,15)16)6-7-11(10)17/h1,6-8,12,19H,3-5,17-18H2. The minimum absolute atomic E-state index is 0.275. The second-order valence-corrected chi connectivity index (χ2v) is 4.16. The molecule has 0 amide bonds. The molecule has 1 unspecified atom stereocenters. The van der Waals surface area contributed by atoms with Crippen molar-refractivity contribution in [1.29, 1.82) is 0 Å². The summed E-state index contributed by atoms with van der Waals surface area (Å²) >= 11 is 0. The molecule has 0 saturated heterocycles. The Bertz CT molecular complexity index is 463. The third-order valence-corrected chi connectivity index (χ3v) is 2.80. The molecule has 0 aromatic heterocycles. The Balaban J connectivity index is 2.99. The Morgan fingerprint density at radius 3 is 2.58 bits per heavy atom. The van der Waals surface area contributed by atoms with E-state index in [0.717, 1.165) is 12.1 Å². The predicted molar refractivity (Wildman–Crippen MR) is 68.6 cm³/mol. The summed E-state index contributed by atoms with van der Waals surface area (Å²) in [6.07, 6.45) is 2.44. The fourth-order valence-corrected chi connectivity index (χ4v) is 1.79. The first-order valence-corrected chi connectivity index (χ1v) is 5.76. The van der Waals surface area contributed by atoms with Crippen LogP contribution in [0.25, 0.3) is 0 Å². The average Bonchev–Trinajstić information content (AvgIpc) is 2.34. The summed E-state index contributed by atoms with van der Waals surface area (Å²) in [7, 11) is 0. The summed E-state index contributed by atoms with van der Waals surface area (Å²) in [5, 5.41) is 0. The van der Waals surface area contributed by atoms with E-state index in [4.69, 9.17) is 18.0 Å². The molecule has 1 rings (SSSR count). The molecule has 1 aromatic rings. The number of alkyl halides is 3. The molecule has 0 fully saturated rings. The van der Waals surface area contributed by atoms with E-state index in [1.165, 1.54) is 6.07 Å². The highest BCUT2D eigenvalue weighted by atomic mass is 19.4. The monoisotopic (exact) mass is 271 g/mol. The quantitative estimate of drug-likeness (QED) is 0.253. The average molecular weight is 271 g/mol. The second kappa shape index (κ2) is 6.45. The molecule has 3 nitrogen and oxygen atoms in total. The molecule has 0 radical (unpaired) electrons. The minimum Gasteiger partial charge on any atom is -0.398 e. The van der Waals surface area contributed by atoms with E-state index in [9.17, 15) is 13.2 Å². The fourth-order valence-electron chi connectivity index (χ4n) is 1.79. The van der Waals surface area contributed by atoms with Gasteiger partial charge in [0.15, 0.2) is 0 Å². The Hall–Kier alpha value is -1.71. The molecule has 5 N–H and O–H groups in total. The van der Waals surface area contributed by atoms with Crippen LogP contribution in [0.4, 0.5) is 18.9 Å². The van der Waals surface area contributed by atoms with Crippen molar-refractivity contribution in [1.82, 2.24) is 5.43 Å². The zero-order chi connectivity index (χ0) is 14.5. The number of nitrogens with one attached hydrogen (secondary N) is 1. The maximum absolute atomic E-state index is 12.7. The number of anilines is 1. The van der Waals surface area contributed by atoms with Gasteiger partial charge in [-0.25, -0.2) is 0 Å². The summed E-state index contributed by atoms with van der Waals surface area (Å²) in [6.45, 7) is 0. The maximum atomic E-state index is 12.7. The van der Waals surface area contributed by atoms with E-state index in [-0.39, 0.29) is 5.69 Å². The van der Waals surface area contributed by atoms with E-state index >= 15 is 0 Å². The molecule has 6 heteroatoms. The third-order valence-electron chi connectivity index (χ3n) is 2.80. The van der Waals surface area contributed by atoms with Gasteiger partial charge in [0.05, 0.1) is 5.56 Å². The van der Waals surface area contributed by atoms with Crippen LogP contribution in [0, 0.1) is 12.3 Å². The first kappa shape index (κ1) is 15.3. The number of nitrogen functional groups attached to an aromatic ring is 1. The predicted octanol–water partition coefficient (Wildman–Crippen LogP) is 2.60. The van der Waals surface area contributed by atoms with Crippen molar-refractivity contribution in [3.8, 4) is 12.3 Å². The topological polar surface area (TPSA) is 64.1 Å². The first-order chi connectivity index (χ1) is 8.90. The summed E-state index contributed by atoms with van der Waals surface area (Å²) in [6, 6.07) is 2.77. The molecule has 0 aliphatic heterocycles. The number of unbranched alkanes of at least 4 members (excludes halogenated alkanes) is 1. The summed E-state index contributed by atoms with van der Waals surface area (Å²) in [5.74, 6) is 7.85. The van der Waals surface area contributed by atoms with Crippen LogP contribution in [0.5, 0.6) is 0 Å². The van der Waals surface area contributed by atoms with Gasteiger partial charge in [-0.3, -0.25) is 11.3 Å². The molecular weight excluding hydrogens is 255 g/mol. The smallest absolute Gasteiger partial charge is 0.398 e. The number of hydrogen-bond acceptors (Lipinski definition) is 3. The van der Waals surface area contributed by atoms with Gasteiger partial charge in [0.25, 0.3) is 0 Å². The van der Waals surface area contributed by atoms with Gasteiger partial charge in [0.2, 0.25) is 0 Å². The van der Waals surface area contributed by atoms with Gasteiger partial charge >= 0.3 is 6.18 Å². The summed E-state index contributed by atoms with van der Waals surface area (Å²) in [4.78, 5) is 0. The third kappa shape index (κ3) is 4.16. The number of hydrazine groups is 1. The van der Waals surface area contributed by atoms with E-state index < -0.39 is 17.8 Å². The van der Waals surface area contributed by atoms with Crippen molar-refractivity contribution in [2.24, 2.45) is 5.84 Å². The van der Waals surface area contributed by atoms with Crippen LogP contribution >= 0.6 is 0 Å². The largest absolute Gasteiger partial charge is 0.416 e.